The average molecular weight is 564 g/mol. The van der Waals surface area contributed by atoms with E-state index >= 15 is 0 Å². The third kappa shape index (κ3) is 6.49. The molecule has 1 radical (unpaired) electrons. The van der Waals surface area contributed by atoms with E-state index in [4.69, 9.17) is 15.3 Å². The standard InChI is InChI=1S/C27H45BN6.ClH.Cu/c1-16(2)22-13-25(19(7)8)32(29-22)28(33-26(20(9)10)14-23(30-33)17(3)4)34-27(21(11)12)15-24(31-34)18(5)6;;/h13-21H,1-12H3;1H;/q-1;;+2/p-1. The summed E-state index contributed by atoms with van der Waals surface area (Å²) in [4.78, 5) is 0. The van der Waals surface area contributed by atoms with Gasteiger partial charge in [-0.25, -0.2) is 15.3 Å². The van der Waals surface area contributed by atoms with E-state index < -0.39 is 0 Å². The number of halogens is 1. The van der Waals surface area contributed by atoms with Crippen LogP contribution in [0.3, 0.4) is 0 Å². The summed E-state index contributed by atoms with van der Waals surface area (Å²) >= 11 is 3.66. The molecule has 0 N–H and O–H groups in total. The van der Waals surface area contributed by atoms with Crippen molar-refractivity contribution >= 4 is 17.2 Å². The van der Waals surface area contributed by atoms with Gasteiger partial charge in [-0.15, -0.1) is 0 Å². The number of nitrogens with zero attached hydrogens (tertiary/aromatic N) is 6. The number of aromatic nitrogens is 6. The van der Waals surface area contributed by atoms with E-state index in [2.05, 4.69) is 140 Å². The number of hydrogen-bond acceptors (Lipinski definition) is 3. The molecule has 3 aromatic rings. The van der Waals surface area contributed by atoms with E-state index in [9.17, 15) is 0 Å². The molecule has 0 saturated carbocycles. The van der Waals surface area contributed by atoms with Gasteiger partial charge in [0, 0.05) is 0 Å². The van der Waals surface area contributed by atoms with Crippen molar-refractivity contribution in [3.8, 4) is 0 Å². The van der Waals surface area contributed by atoms with E-state index in [-0.39, 0.29) is 7.12 Å². The van der Waals surface area contributed by atoms with Gasteiger partial charge in [-0.05, 0) is 70.8 Å². The van der Waals surface area contributed by atoms with Crippen LogP contribution < -0.4 is 0 Å². The molecule has 0 fully saturated rings. The number of hydrogen-bond donors (Lipinski definition) is 0. The fourth-order valence-corrected chi connectivity index (χ4v) is 4.29. The molecule has 36 heavy (non-hydrogen) atoms. The van der Waals surface area contributed by atoms with Crippen LogP contribution in [0.1, 0.15) is 153 Å². The van der Waals surface area contributed by atoms with Gasteiger partial charge in [0.1, 0.15) is 0 Å². The average Bonchev–Trinajstić information content (AvgIpc) is 3.53. The molecule has 9 heteroatoms. The molecule has 0 aliphatic rings. The van der Waals surface area contributed by atoms with Crippen molar-refractivity contribution in [1.29, 1.82) is 0 Å². The van der Waals surface area contributed by atoms with E-state index in [0.29, 0.717) is 35.5 Å². The summed E-state index contributed by atoms with van der Waals surface area (Å²) in [5.41, 5.74) is 6.96. The van der Waals surface area contributed by atoms with Crippen molar-refractivity contribution in [2.75, 3.05) is 0 Å². The van der Waals surface area contributed by atoms with Gasteiger partial charge >= 0.3 is 25.2 Å². The van der Waals surface area contributed by atoms with Gasteiger partial charge < -0.3 is 13.8 Å². The Balaban J connectivity index is 0.00000222. The fraction of sp³-hybridized carbons (Fsp3) is 0.667. The second kappa shape index (κ2) is 12.8. The SMILES string of the molecule is CC(C)c1cc(C(C)C)n([B-](n2nc(C(C)C)cc2C(C)C)n2nc(C(C)C)cc2C(C)C)n1.[Cl][Cu+]. The van der Waals surface area contributed by atoms with Crippen LogP contribution in [0, 0.1) is 0 Å². The van der Waals surface area contributed by atoms with Crippen LogP contribution in [0.4, 0.5) is 0 Å². The molecule has 0 aliphatic heterocycles. The summed E-state index contributed by atoms with van der Waals surface area (Å²) < 4.78 is 6.56. The van der Waals surface area contributed by atoms with Gasteiger partial charge in [0.2, 0.25) is 0 Å². The summed E-state index contributed by atoms with van der Waals surface area (Å²) in [5.74, 6) is 2.02. The maximum atomic E-state index is 5.19. The third-order valence-corrected chi connectivity index (χ3v) is 6.56. The van der Waals surface area contributed by atoms with Crippen LogP contribution >= 0.6 is 10.1 Å². The minimum absolute atomic E-state index is 0.292. The molecule has 6 nitrogen and oxygen atoms in total. The van der Waals surface area contributed by atoms with Crippen molar-refractivity contribution in [3.05, 3.63) is 52.4 Å². The van der Waals surface area contributed by atoms with Gasteiger partial charge in [0.15, 0.2) is 0 Å². The molecule has 0 aliphatic carbocycles. The first-order valence-corrected chi connectivity index (χ1v) is 14.5. The zero-order chi connectivity index (χ0) is 27.5. The topological polar surface area (TPSA) is 53.5 Å². The molecule has 204 valence electrons. The third-order valence-electron chi connectivity index (χ3n) is 6.56. The first kappa shape index (κ1) is 30.7. The number of rotatable bonds is 9. The summed E-state index contributed by atoms with van der Waals surface area (Å²) in [6.07, 6.45) is 0. The van der Waals surface area contributed by atoms with E-state index in [1.54, 1.807) is 0 Å². The Bertz CT molecular complexity index is 971. The molecular weight excluding hydrogens is 518 g/mol. The second-order valence-electron chi connectivity index (χ2n) is 11.6. The molecule has 3 rings (SSSR count). The second-order valence-corrected chi connectivity index (χ2v) is 11.6. The van der Waals surface area contributed by atoms with E-state index in [0.717, 1.165) is 17.1 Å². The van der Waals surface area contributed by atoms with Gasteiger partial charge in [0.25, 0.3) is 7.12 Å². The predicted octanol–water partition coefficient (Wildman–Crippen LogP) is 7.63. The Kier molecular flexibility index (Phi) is 11.0. The summed E-state index contributed by atoms with van der Waals surface area (Å²) in [6.45, 7) is 26.7. The first-order valence-electron chi connectivity index (χ1n) is 13.2. The van der Waals surface area contributed by atoms with Crippen LogP contribution in [0.25, 0.3) is 0 Å². The van der Waals surface area contributed by atoms with Crippen molar-refractivity contribution in [2.24, 2.45) is 0 Å². The summed E-state index contributed by atoms with van der Waals surface area (Å²) in [5, 5.41) is 15.6. The molecule has 0 amide bonds. The molecule has 0 unspecified atom stereocenters. The molecular formula is C27H45BClCuN6. The normalized spacial score (nSPS) is 12.3. The quantitative estimate of drug-likeness (QED) is 0.252. The zero-order valence-electron chi connectivity index (χ0n) is 24.1. The van der Waals surface area contributed by atoms with Gasteiger partial charge in [-0.2, -0.15) is 0 Å². The van der Waals surface area contributed by atoms with E-state index in [1.807, 2.05) is 0 Å². The molecule has 0 bridgehead atoms. The zero-order valence-corrected chi connectivity index (χ0v) is 25.8. The Hall–Kier alpha value is -1.50. The van der Waals surface area contributed by atoms with Gasteiger partial charge in [-0.3, -0.25) is 0 Å². The molecule has 0 atom stereocenters. The molecule has 0 aromatic carbocycles. The Morgan fingerprint density at radius 3 is 0.889 bits per heavy atom. The van der Waals surface area contributed by atoms with Crippen LogP contribution in [-0.4, -0.2) is 36.2 Å². The minimum atomic E-state index is -0.292. The Morgan fingerprint density at radius 1 is 0.500 bits per heavy atom. The van der Waals surface area contributed by atoms with Crippen LogP contribution in [-0.2, 0) is 15.1 Å². The first-order chi connectivity index (χ1) is 16.8. The molecule has 3 heterocycles. The van der Waals surface area contributed by atoms with Crippen molar-refractivity contribution in [2.45, 2.75) is 119 Å². The summed E-state index contributed by atoms with van der Waals surface area (Å²) in [7, 11) is 3.91. The van der Waals surface area contributed by atoms with E-state index in [1.165, 1.54) is 17.1 Å². The monoisotopic (exact) mass is 562 g/mol. The van der Waals surface area contributed by atoms with Crippen LogP contribution in [0.5, 0.6) is 0 Å². The van der Waals surface area contributed by atoms with Gasteiger partial charge in [-0.1, -0.05) is 83.1 Å². The Labute approximate surface area is 231 Å². The molecule has 0 spiro atoms. The predicted molar refractivity (Wildman–Crippen MR) is 149 cm³/mol. The van der Waals surface area contributed by atoms with Crippen LogP contribution in [0.15, 0.2) is 18.2 Å². The molecule has 3 aromatic heterocycles. The van der Waals surface area contributed by atoms with Gasteiger partial charge in [0.05, 0.1) is 17.1 Å². The maximum absolute atomic E-state index is 5.19. The van der Waals surface area contributed by atoms with Crippen LogP contribution in [0.2, 0.25) is 0 Å². The van der Waals surface area contributed by atoms with Crippen molar-refractivity contribution < 1.29 is 15.1 Å². The van der Waals surface area contributed by atoms with Crippen molar-refractivity contribution in [1.82, 2.24) is 29.1 Å². The molecule has 0 saturated heterocycles. The fourth-order valence-electron chi connectivity index (χ4n) is 4.29. The summed E-state index contributed by atoms with van der Waals surface area (Å²) in [6, 6.07) is 6.81. The Morgan fingerprint density at radius 2 is 0.722 bits per heavy atom. The van der Waals surface area contributed by atoms with Crippen molar-refractivity contribution in [3.63, 3.8) is 0 Å².